The predicted octanol–water partition coefficient (Wildman–Crippen LogP) is 3.86. The lowest BCUT2D eigenvalue weighted by molar-refractivity contribution is -0.137. The Hall–Kier alpha value is -2.77. The number of carbonyl (C=O) groups excluding carboxylic acids is 1. The summed E-state index contributed by atoms with van der Waals surface area (Å²) in [6, 6.07) is 4.88. The average molecular weight is 367 g/mol. The number of rotatable bonds is 6. The molecule has 140 valence electrons. The number of aromatic nitrogens is 2. The molecule has 26 heavy (non-hydrogen) atoms. The fourth-order valence-corrected chi connectivity index (χ4v) is 2.36. The van der Waals surface area contributed by atoms with Crippen LogP contribution in [0.1, 0.15) is 28.7 Å². The normalized spacial score (nSPS) is 11.8. The van der Waals surface area contributed by atoms with Crippen molar-refractivity contribution >= 4 is 5.78 Å². The molecule has 0 amide bonds. The van der Waals surface area contributed by atoms with Crippen molar-refractivity contribution in [3.8, 4) is 11.7 Å². The van der Waals surface area contributed by atoms with Gasteiger partial charge in [-0.2, -0.15) is 18.2 Å². The number of ether oxygens (including phenoxy) is 1. The number of carbonyl (C=O) groups is 1. The Balaban J connectivity index is 2.56. The van der Waals surface area contributed by atoms with Crippen molar-refractivity contribution in [1.82, 2.24) is 14.5 Å². The minimum atomic E-state index is -4.47. The Bertz CT molecular complexity index is 824. The molecule has 0 saturated carbocycles. The smallest absolute Gasteiger partial charge is 0.416 e. The first-order chi connectivity index (χ1) is 12.1. The fourth-order valence-electron chi connectivity index (χ4n) is 2.36. The van der Waals surface area contributed by atoms with Crippen LogP contribution in [0.4, 0.5) is 13.2 Å². The summed E-state index contributed by atoms with van der Waals surface area (Å²) in [5.74, 6) is -0.358. The van der Waals surface area contributed by atoms with E-state index in [1.165, 1.54) is 22.8 Å². The number of allylic oxidation sites excluding steroid dienone is 1. The molecule has 8 heteroatoms. The van der Waals surface area contributed by atoms with Gasteiger partial charge < -0.3 is 9.64 Å². The lowest BCUT2D eigenvalue weighted by Gasteiger charge is -2.12. The van der Waals surface area contributed by atoms with Gasteiger partial charge in [-0.25, -0.2) is 0 Å². The van der Waals surface area contributed by atoms with Gasteiger partial charge in [0, 0.05) is 26.4 Å². The van der Waals surface area contributed by atoms with E-state index in [-0.39, 0.29) is 29.8 Å². The Kier molecular flexibility index (Phi) is 5.74. The van der Waals surface area contributed by atoms with Gasteiger partial charge >= 0.3 is 12.2 Å². The van der Waals surface area contributed by atoms with Crippen molar-refractivity contribution in [1.29, 1.82) is 0 Å². The molecule has 0 atom stereocenters. The maximum absolute atomic E-state index is 13.0. The van der Waals surface area contributed by atoms with E-state index in [9.17, 15) is 18.0 Å². The van der Waals surface area contributed by atoms with Crippen LogP contribution < -0.4 is 4.74 Å². The van der Waals surface area contributed by atoms with Crippen molar-refractivity contribution in [2.24, 2.45) is 0 Å². The number of hydrogen-bond acceptors (Lipinski definition) is 4. The highest BCUT2D eigenvalue weighted by molar-refractivity contribution is 6.04. The number of nitrogens with zero attached hydrogens (tertiary/aromatic N) is 3. The first-order valence-electron chi connectivity index (χ1n) is 7.94. The van der Waals surface area contributed by atoms with Crippen LogP contribution in [-0.4, -0.2) is 40.9 Å². The summed E-state index contributed by atoms with van der Waals surface area (Å²) in [4.78, 5) is 18.3. The van der Waals surface area contributed by atoms with E-state index in [1.807, 2.05) is 0 Å². The van der Waals surface area contributed by atoms with Gasteiger partial charge in [-0.3, -0.25) is 9.36 Å². The second-order valence-electron chi connectivity index (χ2n) is 5.79. The SMILES string of the molecule is CCOc1nc(C(=O)C=CN(C)C)c(C)n1-c1cccc(C(F)(F)F)c1. The summed E-state index contributed by atoms with van der Waals surface area (Å²) in [6.07, 6.45) is -1.55. The minimum absolute atomic E-state index is 0.0749. The van der Waals surface area contributed by atoms with E-state index in [0.717, 1.165) is 12.1 Å². The predicted molar refractivity (Wildman–Crippen MR) is 91.6 cm³/mol. The zero-order valence-electron chi connectivity index (χ0n) is 15.0. The average Bonchev–Trinajstić information content (AvgIpc) is 2.89. The number of benzene rings is 1. The standard InChI is InChI=1S/C18H20F3N3O2/c1-5-26-17-22-16(15(25)9-10-23(3)4)12(2)24(17)14-8-6-7-13(11-14)18(19,20)21/h6-11H,5H2,1-4H3. The van der Waals surface area contributed by atoms with E-state index in [1.54, 1.807) is 39.0 Å². The maximum atomic E-state index is 13.0. The second-order valence-corrected chi connectivity index (χ2v) is 5.79. The fraction of sp³-hybridized carbons (Fsp3) is 0.333. The Morgan fingerprint density at radius 2 is 2.04 bits per heavy atom. The summed E-state index contributed by atoms with van der Waals surface area (Å²) in [5.41, 5.74) is -0.0278. The molecule has 0 fully saturated rings. The molecule has 0 aliphatic carbocycles. The van der Waals surface area contributed by atoms with E-state index in [2.05, 4.69) is 4.98 Å². The van der Waals surface area contributed by atoms with Crippen molar-refractivity contribution in [2.45, 2.75) is 20.0 Å². The van der Waals surface area contributed by atoms with Gasteiger partial charge in [0.15, 0.2) is 0 Å². The molecular formula is C18H20F3N3O2. The van der Waals surface area contributed by atoms with E-state index < -0.39 is 11.7 Å². The van der Waals surface area contributed by atoms with E-state index >= 15 is 0 Å². The lowest BCUT2D eigenvalue weighted by atomic mass is 10.2. The molecule has 0 aliphatic rings. The second kappa shape index (κ2) is 7.63. The number of imidazole rings is 1. The van der Waals surface area contributed by atoms with Crippen molar-refractivity contribution in [3.05, 3.63) is 53.5 Å². The molecule has 0 radical (unpaired) electrons. The minimum Gasteiger partial charge on any atom is -0.465 e. The van der Waals surface area contributed by atoms with Crippen LogP contribution in [0.5, 0.6) is 6.01 Å². The van der Waals surface area contributed by atoms with Gasteiger partial charge in [-0.1, -0.05) is 6.07 Å². The summed E-state index contributed by atoms with van der Waals surface area (Å²) >= 11 is 0. The van der Waals surface area contributed by atoms with Crippen molar-refractivity contribution < 1.29 is 22.7 Å². The molecular weight excluding hydrogens is 347 g/mol. The Labute approximate surface area is 149 Å². The van der Waals surface area contributed by atoms with Gasteiger partial charge in [-0.05, 0) is 32.0 Å². The quantitative estimate of drug-likeness (QED) is 0.575. The number of alkyl halides is 3. The van der Waals surface area contributed by atoms with Crippen LogP contribution in [0.3, 0.4) is 0 Å². The molecule has 1 heterocycles. The molecule has 2 aromatic rings. The van der Waals surface area contributed by atoms with Gasteiger partial charge in [0.2, 0.25) is 5.78 Å². The molecule has 0 N–H and O–H groups in total. The van der Waals surface area contributed by atoms with Crippen LogP contribution in [-0.2, 0) is 6.18 Å². The van der Waals surface area contributed by atoms with Crippen LogP contribution in [0.15, 0.2) is 36.5 Å². The van der Waals surface area contributed by atoms with Crippen molar-refractivity contribution in [3.63, 3.8) is 0 Å². The molecule has 1 aromatic heterocycles. The van der Waals surface area contributed by atoms with Gasteiger partial charge in [0.05, 0.1) is 23.6 Å². The van der Waals surface area contributed by atoms with E-state index in [0.29, 0.717) is 5.69 Å². The first kappa shape index (κ1) is 19.6. The van der Waals surface area contributed by atoms with Crippen LogP contribution >= 0.6 is 0 Å². The Morgan fingerprint density at radius 1 is 1.35 bits per heavy atom. The molecule has 1 aromatic carbocycles. The van der Waals surface area contributed by atoms with Gasteiger partial charge in [-0.15, -0.1) is 0 Å². The third-order valence-corrected chi connectivity index (χ3v) is 3.54. The zero-order chi connectivity index (χ0) is 19.5. The highest BCUT2D eigenvalue weighted by Gasteiger charge is 2.31. The van der Waals surface area contributed by atoms with E-state index in [4.69, 9.17) is 4.74 Å². The molecule has 5 nitrogen and oxygen atoms in total. The third-order valence-electron chi connectivity index (χ3n) is 3.54. The summed E-state index contributed by atoms with van der Waals surface area (Å²) in [6.45, 7) is 3.61. The molecule has 0 unspecified atom stereocenters. The highest BCUT2D eigenvalue weighted by atomic mass is 19.4. The molecule has 0 bridgehead atoms. The van der Waals surface area contributed by atoms with Crippen LogP contribution in [0.25, 0.3) is 5.69 Å². The molecule has 0 spiro atoms. The zero-order valence-corrected chi connectivity index (χ0v) is 15.0. The summed E-state index contributed by atoms with van der Waals surface area (Å²) in [7, 11) is 3.53. The number of hydrogen-bond donors (Lipinski definition) is 0. The Morgan fingerprint density at radius 3 is 2.62 bits per heavy atom. The first-order valence-corrected chi connectivity index (χ1v) is 7.94. The number of ketones is 1. The largest absolute Gasteiger partial charge is 0.465 e. The molecule has 0 aliphatic heterocycles. The maximum Gasteiger partial charge on any atom is 0.416 e. The van der Waals surface area contributed by atoms with Crippen LogP contribution in [0, 0.1) is 6.92 Å². The summed E-state index contributed by atoms with van der Waals surface area (Å²) in [5, 5.41) is 0. The van der Waals surface area contributed by atoms with Crippen LogP contribution in [0.2, 0.25) is 0 Å². The third kappa shape index (κ3) is 4.25. The highest BCUT2D eigenvalue weighted by Crippen LogP contribution is 2.32. The topological polar surface area (TPSA) is 47.4 Å². The van der Waals surface area contributed by atoms with Gasteiger partial charge in [0.25, 0.3) is 0 Å². The van der Waals surface area contributed by atoms with Gasteiger partial charge in [0.1, 0.15) is 5.69 Å². The number of halogens is 3. The lowest BCUT2D eigenvalue weighted by Crippen LogP contribution is -2.08. The summed E-state index contributed by atoms with van der Waals surface area (Å²) < 4.78 is 45.9. The van der Waals surface area contributed by atoms with Crippen molar-refractivity contribution in [2.75, 3.05) is 20.7 Å². The molecule has 0 saturated heterocycles. The molecule has 2 rings (SSSR count). The monoisotopic (exact) mass is 367 g/mol.